The largest absolute Gasteiger partial charge is 0.337 e. The van der Waals surface area contributed by atoms with E-state index in [2.05, 4.69) is 29.2 Å². The number of fused-ring (bicyclic) bond motifs is 1. The minimum Gasteiger partial charge on any atom is -0.337 e. The summed E-state index contributed by atoms with van der Waals surface area (Å²) in [5.41, 5.74) is 1.93. The Hall–Kier alpha value is -2.89. The monoisotopic (exact) mass is 392 g/mol. The highest BCUT2D eigenvalue weighted by Crippen LogP contribution is 2.46. The summed E-state index contributed by atoms with van der Waals surface area (Å²) in [6.45, 7) is 1.87. The van der Waals surface area contributed by atoms with E-state index in [1.165, 1.54) is 5.56 Å². The number of nitrogens with zero attached hydrogens (tertiary/aromatic N) is 4. The zero-order valence-electron chi connectivity index (χ0n) is 17.1. The highest BCUT2D eigenvalue weighted by Gasteiger charge is 2.52. The molecule has 4 rings (SSSR count). The van der Waals surface area contributed by atoms with E-state index < -0.39 is 0 Å². The molecule has 29 heavy (non-hydrogen) atoms. The van der Waals surface area contributed by atoms with Crippen molar-refractivity contribution in [1.82, 2.24) is 19.7 Å². The minimum atomic E-state index is -0.193. The second-order valence-electron chi connectivity index (χ2n) is 8.25. The van der Waals surface area contributed by atoms with Crippen LogP contribution in [0.4, 0.5) is 4.79 Å². The number of pyridine rings is 1. The number of amides is 3. The first kappa shape index (κ1) is 19.4. The van der Waals surface area contributed by atoms with Crippen LogP contribution >= 0.6 is 0 Å². The summed E-state index contributed by atoms with van der Waals surface area (Å²) >= 11 is 0. The SMILES string of the molecule is CN(C)C(=O)N1CC[C@@]2(c3ccccc3)CCN(Cc3ccccn3)C(=O)C[C@H]12. The van der Waals surface area contributed by atoms with Crippen LogP contribution in [0.15, 0.2) is 54.7 Å². The third-order valence-corrected chi connectivity index (χ3v) is 6.42. The molecule has 152 valence electrons. The van der Waals surface area contributed by atoms with Gasteiger partial charge in [0.05, 0.1) is 18.3 Å². The Balaban J connectivity index is 1.67. The van der Waals surface area contributed by atoms with Crippen LogP contribution in [0.2, 0.25) is 0 Å². The summed E-state index contributed by atoms with van der Waals surface area (Å²) < 4.78 is 0. The molecule has 2 aromatic rings. The standard InChI is InChI=1S/C23H28N4O2/c1-25(2)22(29)27-15-12-23(18-8-4-3-5-9-18)11-14-26(21(28)16-20(23)27)17-19-10-6-7-13-24-19/h3-10,13,20H,11-12,14-17H2,1-2H3/t20-,23+/m0/s1. The van der Waals surface area contributed by atoms with E-state index in [0.717, 1.165) is 18.5 Å². The molecule has 0 N–H and O–H groups in total. The molecule has 2 fully saturated rings. The van der Waals surface area contributed by atoms with Crippen LogP contribution in [0, 0.1) is 0 Å². The van der Waals surface area contributed by atoms with Gasteiger partial charge in [0.2, 0.25) is 5.91 Å². The molecule has 6 nitrogen and oxygen atoms in total. The maximum Gasteiger partial charge on any atom is 0.319 e. The Morgan fingerprint density at radius 1 is 1.10 bits per heavy atom. The molecule has 0 spiro atoms. The van der Waals surface area contributed by atoms with Gasteiger partial charge in [0.25, 0.3) is 0 Å². The van der Waals surface area contributed by atoms with E-state index in [4.69, 9.17) is 0 Å². The quantitative estimate of drug-likeness (QED) is 0.807. The molecular formula is C23H28N4O2. The van der Waals surface area contributed by atoms with Gasteiger partial charge in [0.1, 0.15) is 0 Å². The van der Waals surface area contributed by atoms with Gasteiger partial charge in [-0.3, -0.25) is 9.78 Å². The van der Waals surface area contributed by atoms with Crippen molar-refractivity contribution in [3.05, 3.63) is 66.0 Å². The molecule has 2 atom stereocenters. The average Bonchev–Trinajstić information content (AvgIpc) is 3.04. The Morgan fingerprint density at radius 3 is 2.52 bits per heavy atom. The zero-order chi connectivity index (χ0) is 20.4. The predicted molar refractivity (Wildman–Crippen MR) is 111 cm³/mol. The van der Waals surface area contributed by atoms with Crippen LogP contribution in [0.1, 0.15) is 30.5 Å². The van der Waals surface area contributed by atoms with Crippen molar-refractivity contribution in [3.63, 3.8) is 0 Å². The molecule has 2 aliphatic rings. The summed E-state index contributed by atoms with van der Waals surface area (Å²) in [7, 11) is 3.55. The fourth-order valence-electron chi connectivity index (χ4n) is 4.88. The summed E-state index contributed by atoms with van der Waals surface area (Å²) in [5, 5.41) is 0. The highest BCUT2D eigenvalue weighted by molar-refractivity contribution is 5.80. The second-order valence-corrected chi connectivity index (χ2v) is 8.25. The van der Waals surface area contributed by atoms with Gasteiger partial charge in [-0.1, -0.05) is 36.4 Å². The van der Waals surface area contributed by atoms with E-state index in [0.29, 0.717) is 26.1 Å². The Bertz CT molecular complexity index is 871. The summed E-state index contributed by atoms with van der Waals surface area (Å²) in [5.74, 6) is 0.0944. The number of hydrogen-bond acceptors (Lipinski definition) is 3. The third-order valence-electron chi connectivity index (χ3n) is 6.42. The van der Waals surface area contributed by atoms with Gasteiger partial charge in [0, 0.05) is 45.2 Å². The van der Waals surface area contributed by atoms with Gasteiger partial charge < -0.3 is 14.7 Å². The molecule has 3 amide bonds. The number of carbonyl (C=O) groups excluding carboxylic acids is 2. The van der Waals surface area contributed by atoms with E-state index in [1.54, 1.807) is 25.2 Å². The van der Waals surface area contributed by atoms with Gasteiger partial charge in [-0.25, -0.2) is 4.79 Å². The third kappa shape index (κ3) is 3.59. The number of aromatic nitrogens is 1. The van der Waals surface area contributed by atoms with E-state index >= 15 is 0 Å². The first-order valence-corrected chi connectivity index (χ1v) is 10.2. The smallest absolute Gasteiger partial charge is 0.319 e. The van der Waals surface area contributed by atoms with Crippen LogP contribution in [0.3, 0.4) is 0 Å². The number of benzene rings is 1. The van der Waals surface area contributed by atoms with Gasteiger partial charge in [-0.05, 0) is 30.5 Å². The zero-order valence-corrected chi connectivity index (χ0v) is 17.1. The summed E-state index contributed by atoms with van der Waals surface area (Å²) in [6.07, 6.45) is 3.83. The lowest BCUT2D eigenvalue weighted by atomic mass is 9.71. The van der Waals surface area contributed by atoms with E-state index in [1.807, 2.05) is 34.1 Å². The first-order chi connectivity index (χ1) is 14.0. The van der Waals surface area contributed by atoms with Crippen LogP contribution in [0.5, 0.6) is 0 Å². The molecule has 1 aromatic heterocycles. The molecule has 2 aliphatic heterocycles. The van der Waals surface area contributed by atoms with Crippen LogP contribution < -0.4 is 0 Å². The molecule has 0 aliphatic carbocycles. The molecular weight excluding hydrogens is 364 g/mol. The number of hydrogen-bond donors (Lipinski definition) is 0. The summed E-state index contributed by atoms with van der Waals surface area (Å²) in [6, 6.07) is 16.1. The van der Waals surface area contributed by atoms with Gasteiger partial charge >= 0.3 is 6.03 Å². The van der Waals surface area contributed by atoms with Crippen molar-refractivity contribution >= 4 is 11.9 Å². The second kappa shape index (κ2) is 7.85. The van der Waals surface area contributed by atoms with Crippen molar-refractivity contribution < 1.29 is 9.59 Å². The van der Waals surface area contributed by atoms with Crippen molar-refractivity contribution in [2.45, 2.75) is 37.3 Å². The lowest BCUT2D eigenvalue weighted by Crippen LogP contribution is -2.48. The fraction of sp³-hybridized carbons (Fsp3) is 0.435. The fourth-order valence-corrected chi connectivity index (χ4v) is 4.88. The molecule has 0 unspecified atom stereocenters. The lowest BCUT2D eigenvalue weighted by molar-refractivity contribution is -0.132. The lowest BCUT2D eigenvalue weighted by Gasteiger charge is -2.37. The molecule has 0 radical (unpaired) electrons. The normalized spacial score (nSPS) is 24.2. The van der Waals surface area contributed by atoms with Gasteiger partial charge in [-0.15, -0.1) is 0 Å². The number of rotatable bonds is 3. The number of carbonyl (C=O) groups is 2. The van der Waals surface area contributed by atoms with Crippen molar-refractivity contribution in [1.29, 1.82) is 0 Å². The molecule has 2 saturated heterocycles. The molecule has 0 saturated carbocycles. The van der Waals surface area contributed by atoms with Gasteiger partial charge in [-0.2, -0.15) is 0 Å². The maximum atomic E-state index is 13.2. The van der Waals surface area contributed by atoms with Crippen molar-refractivity contribution in [3.8, 4) is 0 Å². The minimum absolute atomic E-state index is 0.0150. The van der Waals surface area contributed by atoms with E-state index in [-0.39, 0.29) is 23.4 Å². The topological polar surface area (TPSA) is 56.8 Å². The van der Waals surface area contributed by atoms with Crippen LogP contribution in [-0.4, -0.2) is 64.8 Å². The molecule has 6 heteroatoms. The maximum absolute atomic E-state index is 13.2. The van der Waals surface area contributed by atoms with Crippen molar-refractivity contribution in [2.75, 3.05) is 27.2 Å². The Morgan fingerprint density at radius 2 is 1.83 bits per heavy atom. The highest BCUT2D eigenvalue weighted by atomic mass is 16.2. The number of urea groups is 1. The van der Waals surface area contributed by atoms with Gasteiger partial charge in [0.15, 0.2) is 0 Å². The van der Waals surface area contributed by atoms with Crippen molar-refractivity contribution in [2.24, 2.45) is 0 Å². The van der Waals surface area contributed by atoms with E-state index in [9.17, 15) is 9.59 Å². The Labute approximate surface area is 172 Å². The van der Waals surface area contributed by atoms with Crippen LogP contribution in [-0.2, 0) is 16.8 Å². The first-order valence-electron chi connectivity index (χ1n) is 10.2. The molecule has 1 aromatic carbocycles. The predicted octanol–water partition coefficient (Wildman–Crippen LogP) is 2.90. The Kier molecular flexibility index (Phi) is 5.26. The molecule has 0 bridgehead atoms. The summed E-state index contributed by atoms with van der Waals surface area (Å²) in [4.78, 5) is 35.9. The molecule has 3 heterocycles. The number of likely N-dealkylation sites (tertiary alicyclic amines) is 2. The van der Waals surface area contributed by atoms with Crippen LogP contribution in [0.25, 0.3) is 0 Å². The average molecular weight is 393 g/mol.